The molecule has 5 nitrogen and oxygen atoms in total. The molecule has 0 aliphatic heterocycles. The summed E-state index contributed by atoms with van der Waals surface area (Å²) in [6.45, 7) is 3.64. The molecule has 1 heterocycles. The van der Waals surface area contributed by atoms with E-state index in [1.54, 1.807) is 43.3 Å². The van der Waals surface area contributed by atoms with E-state index in [0.717, 1.165) is 5.56 Å². The van der Waals surface area contributed by atoms with Crippen molar-refractivity contribution >= 4 is 16.9 Å². The molecule has 0 atom stereocenters. The van der Waals surface area contributed by atoms with Gasteiger partial charge in [-0.25, -0.2) is 4.79 Å². The minimum absolute atomic E-state index is 0.120. The van der Waals surface area contributed by atoms with Crippen molar-refractivity contribution in [2.75, 3.05) is 6.61 Å². The number of aryl methyl sites for hydroxylation is 1. The lowest BCUT2D eigenvalue weighted by Gasteiger charge is -2.15. The molecule has 3 rings (SSSR count). The van der Waals surface area contributed by atoms with Gasteiger partial charge in [0.25, 0.3) is 5.56 Å². The number of rotatable bonds is 3. The normalized spacial score (nSPS) is 10.8. The third kappa shape index (κ3) is 2.54. The Bertz CT molecular complexity index is 974. The van der Waals surface area contributed by atoms with Gasteiger partial charge >= 0.3 is 5.97 Å². The third-order valence-corrected chi connectivity index (χ3v) is 3.80. The number of ether oxygens (including phenoxy) is 1. The Morgan fingerprint density at radius 2 is 1.88 bits per heavy atom. The van der Waals surface area contributed by atoms with Crippen LogP contribution in [0.15, 0.2) is 53.3 Å². The number of hydrogen-bond acceptors (Lipinski definition) is 4. The lowest BCUT2D eigenvalue weighted by molar-refractivity contribution is 0.0521. The number of carbonyl (C=O) groups is 1. The van der Waals surface area contributed by atoms with Crippen LogP contribution in [-0.4, -0.2) is 22.2 Å². The number of carbonyl (C=O) groups excluding carboxylic acids is 1. The molecular weight excluding hydrogens is 306 g/mol. The standard InChI is InChI=1S/C19H17NO4/c1-3-24-19(23)16-17(21)14-11-12(2)9-10-15(14)20(18(16)22)13-7-5-4-6-8-13/h4-11,21H,3H2,1-2H3. The molecular formula is C19H17NO4. The molecule has 0 radical (unpaired) electrons. The quantitative estimate of drug-likeness (QED) is 0.752. The highest BCUT2D eigenvalue weighted by molar-refractivity contribution is 6.00. The Morgan fingerprint density at radius 3 is 2.54 bits per heavy atom. The van der Waals surface area contributed by atoms with Gasteiger partial charge in [0.1, 0.15) is 5.75 Å². The minimum Gasteiger partial charge on any atom is -0.506 e. The van der Waals surface area contributed by atoms with Gasteiger partial charge in [-0.3, -0.25) is 9.36 Å². The SMILES string of the molecule is CCOC(=O)c1c(O)c2cc(C)ccc2n(-c2ccccc2)c1=O. The molecule has 0 aliphatic rings. The van der Waals surface area contributed by atoms with Gasteiger partial charge < -0.3 is 9.84 Å². The minimum atomic E-state index is -0.826. The predicted molar refractivity (Wildman–Crippen MR) is 91.9 cm³/mol. The smallest absolute Gasteiger partial charge is 0.347 e. The second-order valence-electron chi connectivity index (χ2n) is 5.44. The molecule has 0 fully saturated rings. The summed E-state index contributed by atoms with van der Waals surface area (Å²) >= 11 is 0. The molecule has 24 heavy (non-hydrogen) atoms. The van der Waals surface area contributed by atoms with Crippen LogP contribution >= 0.6 is 0 Å². The zero-order valence-electron chi connectivity index (χ0n) is 13.4. The van der Waals surface area contributed by atoms with Crippen molar-refractivity contribution in [1.29, 1.82) is 0 Å². The largest absolute Gasteiger partial charge is 0.506 e. The van der Waals surface area contributed by atoms with Crippen LogP contribution < -0.4 is 5.56 Å². The van der Waals surface area contributed by atoms with Crippen LogP contribution in [0.1, 0.15) is 22.8 Å². The highest BCUT2D eigenvalue weighted by Crippen LogP contribution is 2.29. The van der Waals surface area contributed by atoms with Crippen molar-refractivity contribution in [2.24, 2.45) is 0 Å². The topological polar surface area (TPSA) is 68.5 Å². The van der Waals surface area contributed by atoms with E-state index in [1.165, 1.54) is 4.57 Å². The number of fused-ring (bicyclic) bond motifs is 1. The summed E-state index contributed by atoms with van der Waals surface area (Å²) < 4.78 is 6.36. The van der Waals surface area contributed by atoms with Crippen LogP contribution in [0.25, 0.3) is 16.6 Å². The second kappa shape index (κ2) is 6.20. The predicted octanol–water partition coefficient (Wildman–Crippen LogP) is 3.18. The first-order chi connectivity index (χ1) is 11.5. The molecule has 0 bridgehead atoms. The number of hydrogen-bond donors (Lipinski definition) is 1. The maximum absolute atomic E-state index is 12.9. The summed E-state index contributed by atoms with van der Waals surface area (Å²) in [5, 5.41) is 10.9. The molecule has 0 spiro atoms. The zero-order valence-corrected chi connectivity index (χ0v) is 13.4. The van der Waals surface area contributed by atoms with E-state index in [9.17, 15) is 14.7 Å². The van der Waals surface area contributed by atoms with Gasteiger partial charge in [-0.2, -0.15) is 0 Å². The number of aromatic nitrogens is 1. The van der Waals surface area contributed by atoms with E-state index in [-0.39, 0.29) is 17.9 Å². The van der Waals surface area contributed by atoms with Crippen molar-refractivity contribution in [3.05, 3.63) is 70.0 Å². The molecule has 5 heteroatoms. The van der Waals surface area contributed by atoms with E-state index >= 15 is 0 Å². The fourth-order valence-electron chi connectivity index (χ4n) is 2.71. The van der Waals surface area contributed by atoms with Crippen LogP contribution in [-0.2, 0) is 4.74 Å². The summed E-state index contributed by atoms with van der Waals surface area (Å²) in [5.41, 5.74) is 1.10. The molecule has 3 aromatic rings. The van der Waals surface area contributed by atoms with E-state index in [2.05, 4.69) is 0 Å². The first-order valence-electron chi connectivity index (χ1n) is 7.65. The van der Waals surface area contributed by atoms with Gasteiger partial charge in [0.05, 0.1) is 12.1 Å². The summed E-state index contributed by atoms with van der Waals surface area (Å²) in [4.78, 5) is 25.1. The van der Waals surface area contributed by atoms with Crippen molar-refractivity contribution < 1.29 is 14.6 Å². The van der Waals surface area contributed by atoms with Crippen molar-refractivity contribution in [3.8, 4) is 11.4 Å². The molecule has 0 aliphatic carbocycles. The Kier molecular flexibility index (Phi) is 4.08. The Morgan fingerprint density at radius 1 is 1.17 bits per heavy atom. The monoisotopic (exact) mass is 323 g/mol. The number of benzene rings is 2. The molecule has 1 N–H and O–H groups in total. The zero-order chi connectivity index (χ0) is 17.3. The number of nitrogens with zero attached hydrogens (tertiary/aromatic N) is 1. The van der Waals surface area contributed by atoms with Crippen molar-refractivity contribution in [1.82, 2.24) is 4.57 Å². The van der Waals surface area contributed by atoms with E-state index in [1.807, 2.05) is 19.1 Å². The van der Waals surface area contributed by atoms with Crippen LogP contribution in [0, 0.1) is 6.92 Å². The summed E-state index contributed by atoms with van der Waals surface area (Å²) in [6, 6.07) is 14.3. The van der Waals surface area contributed by atoms with E-state index in [0.29, 0.717) is 16.6 Å². The number of pyridine rings is 1. The van der Waals surface area contributed by atoms with Crippen LogP contribution in [0.2, 0.25) is 0 Å². The molecule has 122 valence electrons. The average Bonchev–Trinajstić information content (AvgIpc) is 2.57. The molecule has 1 aromatic heterocycles. The summed E-state index contributed by atoms with van der Waals surface area (Å²) in [5.74, 6) is -1.17. The van der Waals surface area contributed by atoms with Gasteiger partial charge in [0.15, 0.2) is 5.56 Å². The molecule has 2 aromatic carbocycles. The fraction of sp³-hybridized carbons (Fsp3) is 0.158. The molecule has 0 saturated carbocycles. The van der Waals surface area contributed by atoms with E-state index < -0.39 is 11.5 Å². The van der Waals surface area contributed by atoms with E-state index in [4.69, 9.17) is 4.74 Å². The average molecular weight is 323 g/mol. The number of aromatic hydroxyl groups is 1. The van der Waals surface area contributed by atoms with Crippen LogP contribution in [0.4, 0.5) is 0 Å². The molecule has 0 saturated heterocycles. The second-order valence-corrected chi connectivity index (χ2v) is 5.44. The Hall–Kier alpha value is -3.08. The summed E-state index contributed by atoms with van der Waals surface area (Å²) in [6.07, 6.45) is 0. The van der Waals surface area contributed by atoms with Crippen molar-refractivity contribution in [3.63, 3.8) is 0 Å². The maximum Gasteiger partial charge on any atom is 0.347 e. The van der Waals surface area contributed by atoms with Gasteiger partial charge in [-0.15, -0.1) is 0 Å². The fourth-order valence-corrected chi connectivity index (χ4v) is 2.71. The van der Waals surface area contributed by atoms with Gasteiger partial charge in [-0.1, -0.05) is 29.8 Å². The molecule has 0 amide bonds. The third-order valence-electron chi connectivity index (χ3n) is 3.80. The van der Waals surface area contributed by atoms with Crippen LogP contribution in [0.5, 0.6) is 5.75 Å². The first-order valence-corrected chi connectivity index (χ1v) is 7.65. The van der Waals surface area contributed by atoms with Crippen molar-refractivity contribution in [2.45, 2.75) is 13.8 Å². The summed E-state index contributed by atoms with van der Waals surface area (Å²) in [7, 11) is 0. The lowest BCUT2D eigenvalue weighted by atomic mass is 10.1. The van der Waals surface area contributed by atoms with Crippen LogP contribution in [0.3, 0.4) is 0 Å². The first kappa shape index (κ1) is 15.8. The maximum atomic E-state index is 12.9. The highest BCUT2D eigenvalue weighted by atomic mass is 16.5. The van der Waals surface area contributed by atoms with Gasteiger partial charge in [-0.05, 0) is 38.1 Å². The van der Waals surface area contributed by atoms with Gasteiger partial charge in [0.2, 0.25) is 0 Å². The molecule has 0 unspecified atom stereocenters. The van der Waals surface area contributed by atoms with Gasteiger partial charge in [0, 0.05) is 11.1 Å². The lowest BCUT2D eigenvalue weighted by Crippen LogP contribution is -2.27. The number of esters is 1. The Labute approximate surface area is 138 Å². The Balaban J connectivity index is 2.46. The highest BCUT2D eigenvalue weighted by Gasteiger charge is 2.23. The number of para-hydroxylation sites is 1.